The van der Waals surface area contributed by atoms with Gasteiger partial charge in [-0.25, -0.2) is 14.2 Å². The number of hydrogen-bond donors (Lipinski definition) is 2. The number of fused-ring (bicyclic) bond motifs is 1. The van der Waals surface area contributed by atoms with Crippen molar-refractivity contribution in [1.82, 2.24) is 25.0 Å². The number of thiocarbonyl (C=S) groups is 1. The SMILES string of the molecule is CCOC(=O)C1=C(CN2CCN3C(=S)N(CC(C)(C)C(=O)O)CC3C2)NC(c2nccs2)=N[C@H]1c1cccc(C)c1F. The van der Waals surface area contributed by atoms with Crippen molar-refractivity contribution >= 4 is 46.4 Å². The van der Waals surface area contributed by atoms with Crippen LogP contribution in [0.1, 0.15) is 42.9 Å². The van der Waals surface area contributed by atoms with Crippen LogP contribution in [-0.2, 0) is 14.3 Å². The van der Waals surface area contributed by atoms with E-state index in [0.29, 0.717) is 72.0 Å². The molecule has 1 aromatic carbocycles. The third kappa shape index (κ3) is 5.90. The summed E-state index contributed by atoms with van der Waals surface area (Å²) in [6.45, 7) is 10.3. The van der Waals surface area contributed by atoms with Gasteiger partial charge in [0.25, 0.3) is 0 Å². The standard InChI is InChI=1S/C29H35FN6O4S2/c1-5-40-26(37)21-20(15-34-10-11-36-18(13-34)14-35(28(36)41)16-29(3,4)27(38)39)32-24(25-31-9-12-42-25)33-23(21)19-8-6-7-17(2)22(19)30/h6-9,12,18,23H,5,10-11,13-16H2,1-4H3,(H,32,33)(H,38,39)/t18?,23-/m0/s1. The molecule has 0 radical (unpaired) electrons. The van der Waals surface area contributed by atoms with Gasteiger partial charge in [-0.1, -0.05) is 18.2 Å². The largest absolute Gasteiger partial charge is 0.481 e. The number of esters is 1. The van der Waals surface area contributed by atoms with Crippen LogP contribution in [0.3, 0.4) is 0 Å². The molecular weight excluding hydrogens is 579 g/mol. The number of piperazine rings is 1. The lowest BCUT2D eigenvalue weighted by atomic mass is 9.93. The van der Waals surface area contributed by atoms with Crippen molar-refractivity contribution in [3.63, 3.8) is 0 Å². The van der Waals surface area contributed by atoms with Gasteiger partial charge in [-0.15, -0.1) is 11.3 Å². The number of aliphatic imine (C=N–C) groups is 1. The summed E-state index contributed by atoms with van der Waals surface area (Å²) in [4.78, 5) is 40.8. The van der Waals surface area contributed by atoms with E-state index in [1.54, 1.807) is 52.1 Å². The molecule has 2 saturated heterocycles. The number of carboxylic acid groups (broad SMARTS) is 1. The molecule has 3 aliphatic rings. The molecule has 2 N–H and O–H groups in total. The van der Waals surface area contributed by atoms with Gasteiger partial charge in [0.05, 0.1) is 23.6 Å². The lowest BCUT2D eigenvalue weighted by Crippen LogP contribution is -2.53. The number of carboxylic acids is 1. The van der Waals surface area contributed by atoms with Gasteiger partial charge in [0.1, 0.15) is 11.9 Å². The molecule has 5 rings (SSSR count). The molecule has 10 nitrogen and oxygen atoms in total. The Hall–Kier alpha value is -3.42. The zero-order valence-electron chi connectivity index (χ0n) is 24.1. The van der Waals surface area contributed by atoms with Crippen LogP contribution in [-0.4, -0.2) is 99.6 Å². The van der Waals surface area contributed by atoms with Gasteiger partial charge in [-0.05, 0) is 45.5 Å². The van der Waals surface area contributed by atoms with Crippen molar-refractivity contribution < 1.29 is 23.8 Å². The Morgan fingerprint density at radius 1 is 1.29 bits per heavy atom. The monoisotopic (exact) mass is 614 g/mol. The van der Waals surface area contributed by atoms with Crippen molar-refractivity contribution in [3.05, 3.63) is 63.0 Å². The maximum atomic E-state index is 15.5. The molecule has 0 saturated carbocycles. The first kappa shape index (κ1) is 30.1. The number of aryl methyl sites for hydroxylation is 1. The third-order valence-electron chi connectivity index (χ3n) is 7.83. The van der Waals surface area contributed by atoms with E-state index < -0.39 is 29.2 Å². The van der Waals surface area contributed by atoms with Gasteiger partial charge in [-0.2, -0.15) is 0 Å². The van der Waals surface area contributed by atoms with Gasteiger partial charge in [0, 0.05) is 62.1 Å². The van der Waals surface area contributed by atoms with Crippen molar-refractivity contribution in [2.24, 2.45) is 10.4 Å². The first-order valence-corrected chi connectivity index (χ1v) is 15.2. The molecule has 1 unspecified atom stereocenters. The Morgan fingerprint density at radius 2 is 2.07 bits per heavy atom. The van der Waals surface area contributed by atoms with E-state index >= 15 is 4.39 Å². The fraction of sp³-hybridized carbons (Fsp3) is 0.483. The molecule has 3 aliphatic heterocycles. The molecular formula is C29H35FN6O4S2. The van der Waals surface area contributed by atoms with Crippen LogP contribution in [0, 0.1) is 18.2 Å². The summed E-state index contributed by atoms with van der Waals surface area (Å²) in [6.07, 6.45) is 1.68. The second kappa shape index (κ2) is 12.1. The molecule has 224 valence electrons. The Balaban J connectivity index is 1.45. The average Bonchev–Trinajstić information content (AvgIpc) is 3.58. The molecule has 0 bridgehead atoms. The minimum absolute atomic E-state index is 0.0724. The topological polar surface area (TPSA) is 111 Å². The number of aromatic nitrogens is 1. The maximum absolute atomic E-state index is 15.5. The van der Waals surface area contributed by atoms with E-state index in [0.717, 1.165) is 0 Å². The number of halogens is 1. The van der Waals surface area contributed by atoms with Crippen molar-refractivity contribution in [2.75, 3.05) is 45.9 Å². The third-order valence-corrected chi connectivity index (χ3v) is 9.11. The van der Waals surface area contributed by atoms with Crippen LogP contribution in [0.15, 0.2) is 46.0 Å². The summed E-state index contributed by atoms with van der Waals surface area (Å²) in [6, 6.07) is 4.27. The van der Waals surface area contributed by atoms with E-state index in [-0.39, 0.29) is 18.2 Å². The number of carbonyl (C=O) groups excluding carboxylic acids is 1. The number of carbonyl (C=O) groups is 2. The molecule has 1 aromatic heterocycles. The summed E-state index contributed by atoms with van der Waals surface area (Å²) in [5, 5.41) is 16.1. The number of nitrogens with one attached hydrogen (secondary N) is 1. The number of ether oxygens (including phenoxy) is 1. The summed E-state index contributed by atoms with van der Waals surface area (Å²) in [5.41, 5.74) is 0.697. The molecule has 2 fully saturated rings. The molecule has 42 heavy (non-hydrogen) atoms. The van der Waals surface area contributed by atoms with Crippen LogP contribution in [0.2, 0.25) is 0 Å². The first-order valence-electron chi connectivity index (χ1n) is 13.9. The van der Waals surface area contributed by atoms with E-state index in [4.69, 9.17) is 21.9 Å². The first-order chi connectivity index (χ1) is 20.0. The number of hydrogen-bond acceptors (Lipinski definition) is 9. The Bertz CT molecular complexity index is 1440. The van der Waals surface area contributed by atoms with E-state index in [1.807, 2.05) is 10.3 Å². The molecule has 0 amide bonds. The Morgan fingerprint density at radius 3 is 2.76 bits per heavy atom. The highest BCUT2D eigenvalue weighted by Crippen LogP contribution is 2.35. The lowest BCUT2D eigenvalue weighted by molar-refractivity contribution is -0.147. The quantitative estimate of drug-likeness (QED) is 0.323. The normalized spacial score (nSPS) is 21.3. The highest BCUT2D eigenvalue weighted by Gasteiger charge is 2.42. The van der Waals surface area contributed by atoms with Gasteiger partial charge >= 0.3 is 11.9 Å². The molecule has 13 heteroatoms. The summed E-state index contributed by atoms with van der Waals surface area (Å²) in [5.74, 6) is -1.35. The van der Waals surface area contributed by atoms with Gasteiger partial charge in [0.15, 0.2) is 16.0 Å². The van der Waals surface area contributed by atoms with Crippen molar-refractivity contribution in [3.8, 4) is 0 Å². The molecule has 0 spiro atoms. The van der Waals surface area contributed by atoms with Crippen LogP contribution >= 0.6 is 23.6 Å². The average molecular weight is 615 g/mol. The number of amidine groups is 1. The maximum Gasteiger partial charge on any atom is 0.338 e. The predicted octanol–water partition coefficient (Wildman–Crippen LogP) is 3.20. The lowest BCUT2D eigenvalue weighted by Gasteiger charge is -2.38. The number of rotatable bonds is 9. The van der Waals surface area contributed by atoms with Crippen LogP contribution in [0.5, 0.6) is 0 Å². The van der Waals surface area contributed by atoms with E-state index in [2.05, 4.69) is 20.1 Å². The highest BCUT2D eigenvalue weighted by atomic mass is 32.1. The van der Waals surface area contributed by atoms with E-state index in [9.17, 15) is 14.7 Å². The Kier molecular flexibility index (Phi) is 8.63. The minimum atomic E-state index is -0.935. The summed E-state index contributed by atoms with van der Waals surface area (Å²) in [7, 11) is 0. The van der Waals surface area contributed by atoms with Crippen LogP contribution in [0.4, 0.5) is 4.39 Å². The number of thiazole rings is 1. The molecule has 2 atom stereocenters. The molecule has 4 heterocycles. The summed E-state index contributed by atoms with van der Waals surface area (Å²) >= 11 is 7.13. The van der Waals surface area contributed by atoms with Crippen LogP contribution < -0.4 is 5.32 Å². The van der Waals surface area contributed by atoms with Crippen molar-refractivity contribution in [2.45, 2.75) is 39.8 Å². The zero-order chi connectivity index (χ0) is 30.2. The van der Waals surface area contributed by atoms with Gasteiger partial charge in [-0.3, -0.25) is 14.7 Å². The second-order valence-electron chi connectivity index (χ2n) is 11.4. The fourth-order valence-electron chi connectivity index (χ4n) is 5.61. The Labute approximate surface area is 253 Å². The summed E-state index contributed by atoms with van der Waals surface area (Å²) < 4.78 is 21.0. The number of nitrogens with zero attached hydrogens (tertiary/aromatic N) is 5. The number of aliphatic carboxylic acids is 1. The smallest absolute Gasteiger partial charge is 0.338 e. The molecule has 0 aliphatic carbocycles. The predicted molar refractivity (Wildman–Crippen MR) is 162 cm³/mol. The van der Waals surface area contributed by atoms with Crippen LogP contribution in [0.25, 0.3) is 0 Å². The van der Waals surface area contributed by atoms with Gasteiger partial charge in [0.2, 0.25) is 0 Å². The second-order valence-corrected chi connectivity index (χ2v) is 12.6. The fourth-order valence-corrected chi connectivity index (χ4v) is 6.58. The van der Waals surface area contributed by atoms with Crippen molar-refractivity contribution in [1.29, 1.82) is 0 Å². The highest BCUT2D eigenvalue weighted by molar-refractivity contribution is 7.80. The number of benzene rings is 1. The van der Waals surface area contributed by atoms with Gasteiger partial charge < -0.3 is 25.0 Å². The minimum Gasteiger partial charge on any atom is -0.481 e. The molecule has 2 aromatic rings. The zero-order valence-corrected chi connectivity index (χ0v) is 25.7. The van der Waals surface area contributed by atoms with E-state index in [1.165, 1.54) is 11.3 Å².